The Bertz CT molecular complexity index is 1590. The van der Waals surface area contributed by atoms with Crippen LogP contribution in [0.3, 0.4) is 0 Å². The maximum atomic E-state index is 13.5. The van der Waals surface area contributed by atoms with Gasteiger partial charge >= 0.3 is 0 Å². The molecule has 6 rings (SSSR count). The Morgan fingerprint density at radius 1 is 0.977 bits per heavy atom. The number of para-hydroxylation sites is 2. The summed E-state index contributed by atoms with van der Waals surface area (Å²) in [5.41, 5.74) is 7.20. The second-order valence-corrected chi connectivity index (χ2v) is 12.7. The number of allylic oxidation sites excluding steroid dienone is 1. The van der Waals surface area contributed by atoms with Crippen LogP contribution in [0.4, 0.5) is 0 Å². The molecule has 2 fully saturated rings. The molecule has 0 radical (unpaired) electrons. The van der Waals surface area contributed by atoms with E-state index in [1.807, 2.05) is 42.2 Å². The van der Waals surface area contributed by atoms with E-state index in [-0.39, 0.29) is 11.7 Å². The van der Waals surface area contributed by atoms with Crippen LogP contribution in [0.1, 0.15) is 98.6 Å². The highest BCUT2D eigenvalue weighted by Gasteiger charge is 2.30. The zero-order chi connectivity index (χ0) is 30.5. The highest BCUT2D eigenvalue weighted by atomic mass is 16.3. The number of hydrogen-bond acceptors (Lipinski definition) is 3. The second-order valence-electron chi connectivity index (χ2n) is 12.7. The Labute approximate surface area is 257 Å². The number of piperidine rings is 1. The smallest absolute Gasteiger partial charge is 0.253 e. The third-order valence-corrected chi connectivity index (χ3v) is 8.99. The molecule has 5 heteroatoms. The normalized spacial score (nSPS) is 16.0. The van der Waals surface area contributed by atoms with Gasteiger partial charge in [0.2, 0.25) is 0 Å². The van der Waals surface area contributed by atoms with E-state index >= 15 is 0 Å². The standard InChI is InChI=1S/C33H35N3O2.C5H12/c1-3-28(25-7-6-8-27(37)20-25)29-14-13-26(19-22(29)2)33(38)35-17-15-24(16-18-35)32-34-30-9-4-5-10-31(30)36(32)21-23-11-12-23;1-4-5(2)3/h3-10,13-14,19-20,23-24,37H,11-12,15-18,21H2,1-2H3;5H,4H2,1-3H3/b28-3-;. The first kappa shape index (κ1) is 30.6. The first-order valence-corrected chi connectivity index (χ1v) is 16.1. The minimum absolute atomic E-state index is 0.101. The fourth-order valence-electron chi connectivity index (χ4n) is 5.93. The number of benzene rings is 3. The Hall–Kier alpha value is -3.86. The average molecular weight is 578 g/mol. The van der Waals surface area contributed by atoms with Gasteiger partial charge in [-0.2, -0.15) is 0 Å². The molecular weight excluding hydrogens is 530 g/mol. The fraction of sp³-hybridized carbons (Fsp3) is 0.421. The Balaban J connectivity index is 0.000000682. The largest absolute Gasteiger partial charge is 0.508 e. The van der Waals surface area contributed by atoms with Gasteiger partial charge in [-0.25, -0.2) is 4.98 Å². The molecule has 0 spiro atoms. The minimum atomic E-state index is 0.101. The van der Waals surface area contributed by atoms with Crippen molar-refractivity contribution in [2.75, 3.05) is 13.1 Å². The van der Waals surface area contributed by atoms with E-state index in [1.54, 1.807) is 12.1 Å². The molecule has 3 aromatic carbocycles. The van der Waals surface area contributed by atoms with E-state index in [1.165, 1.54) is 30.6 Å². The maximum absolute atomic E-state index is 13.5. The minimum Gasteiger partial charge on any atom is -0.508 e. The quantitative estimate of drug-likeness (QED) is 0.238. The van der Waals surface area contributed by atoms with E-state index in [0.29, 0.717) is 5.92 Å². The van der Waals surface area contributed by atoms with Gasteiger partial charge in [0.1, 0.15) is 11.6 Å². The maximum Gasteiger partial charge on any atom is 0.253 e. The summed E-state index contributed by atoms with van der Waals surface area (Å²) < 4.78 is 2.46. The summed E-state index contributed by atoms with van der Waals surface area (Å²) >= 11 is 0. The van der Waals surface area contributed by atoms with Crippen molar-refractivity contribution in [1.29, 1.82) is 0 Å². The highest BCUT2D eigenvalue weighted by Crippen LogP contribution is 2.36. The first-order chi connectivity index (χ1) is 20.8. The lowest BCUT2D eigenvalue weighted by Gasteiger charge is -2.32. The van der Waals surface area contributed by atoms with Crippen molar-refractivity contribution in [3.05, 3.63) is 101 Å². The van der Waals surface area contributed by atoms with Crippen LogP contribution in [0.15, 0.2) is 72.8 Å². The summed E-state index contributed by atoms with van der Waals surface area (Å²) in [6.45, 7) is 13.3. The van der Waals surface area contributed by atoms with Crippen molar-refractivity contribution < 1.29 is 9.90 Å². The molecule has 0 bridgehead atoms. The number of amides is 1. The monoisotopic (exact) mass is 577 g/mol. The van der Waals surface area contributed by atoms with Crippen LogP contribution < -0.4 is 0 Å². The predicted octanol–water partition coefficient (Wildman–Crippen LogP) is 8.98. The van der Waals surface area contributed by atoms with Crippen LogP contribution in [0, 0.1) is 18.8 Å². The average Bonchev–Trinajstić information content (AvgIpc) is 3.77. The van der Waals surface area contributed by atoms with Crippen molar-refractivity contribution in [1.82, 2.24) is 14.5 Å². The molecule has 1 amide bonds. The summed E-state index contributed by atoms with van der Waals surface area (Å²) in [6, 6.07) is 21.8. The molecule has 1 aliphatic heterocycles. The number of carbonyl (C=O) groups is 1. The topological polar surface area (TPSA) is 58.4 Å². The molecule has 43 heavy (non-hydrogen) atoms. The summed E-state index contributed by atoms with van der Waals surface area (Å²) in [5, 5.41) is 9.94. The van der Waals surface area contributed by atoms with Crippen LogP contribution >= 0.6 is 0 Å². The molecule has 226 valence electrons. The predicted molar refractivity (Wildman–Crippen MR) is 178 cm³/mol. The lowest BCUT2D eigenvalue weighted by atomic mass is 9.92. The molecule has 4 aromatic rings. The summed E-state index contributed by atoms with van der Waals surface area (Å²) in [4.78, 5) is 20.5. The summed E-state index contributed by atoms with van der Waals surface area (Å²) in [5.74, 6) is 3.61. The number of phenols is 1. The molecule has 1 N–H and O–H groups in total. The van der Waals surface area contributed by atoms with Gasteiger partial charge in [-0.05, 0) is 110 Å². The number of phenolic OH excluding ortho intramolecular Hbond substituents is 1. The van der Waals surface area contributed by atoms with Crippen molar-refractivity contribution >= 4 is 22.5 Å². The number of imidazole rings is 1. The lowest BCUT2D eigenvalue weighted by Crippen LogP contribution is -2.38. The molecule has 1 saturated carbocycles. The van der Waals surface area contributed by atoms with Gasteiger partial charge in [0.05, 0.1) is 11.0 Å². The van der Waals surface area contributed by atoms with Gasteiger partial charge in [0, 0.05) is 31.1 Å². The van der Waals surface area contributed by atoms with E-state index in [2.05, 4.69) is 62.6 Å². The number of hydrogen-bond donors (Lipinski definition) is 1. The number of nitrogens with zero attached hydrogens (tertiary/aromatic N) is 3. The van der Waals surface area contributed by atoms with Crippen molar-refractivity contribution in [2.24, 2.45) is 11.8 Å². The van der Waals surface area contributed by atoms with Gasteiger partial charge in [0.15, 0.2) is 0 Å². The number of aromatic hydroxyl groups is 1. The summed E-state index contributed by atoms with van der Waals surface area (Å²) in [6.07, 6.45) is 7.88. The molecule has 5 nitrogen and oxygen atoms in total. The van der Waals surface area contributed by atoms with Crippen molar-refractivity contribution in [3.63, 3.8) is 0 Å². The molecule has 1 saturated heterocycles. The Morgan fingerprint density at radius 3 is 2.33 bits per heavy atom. The van der Waals surface area contributed by atoms with E-state index < -0.39 is 0 Å². The van der Waals surface area contributed by atoms with Crippen LogP contribution in [-0.2, 0) is 6.54 Å². The van der Waals surface area contributed by atoms with Crippen LogP contribution in [0.25, 0.3) is 16.6 Å². The third kappa shape index (κ3) is 7.21. The summed E-state index contributed by atoms with van der Waals surface area (Å²) in [7, 11) is 0. The molecule has 1 aromatic heterocycles. The van der Waals surface area contributed by atoms with Crippen LogP contribution in [0.2, 0.25) is 0 Å². The molecular formula is C38H47N3O2. The van der Waals surface area contributed by atoms with E-state index in [0.717, 1.165) is 77.7 Å². The number of aryl methyl sites for hydroxylation is 1. The number of carbonyl (C=O) groups excluding carboxylic acids is 1. The molecule has 0 unspecified atom stereocenters. The van der Waals surface area contributed by atoms with Crippen LogP contribution in [0.5, 0.6) is 5.75 Å². The van der Waals surface area contributed by atoms with Gasteiger partial charge < -0.3 is 14.6 Å². The van der Waals surface area contributed by atoms with Crippen molar-refractivity contribution in [2.45, 2.75) is 79.2 Å². The van der Waals surface area contributed by atoms with Gasteiger partial charge in [-0.1, -0.05) is 63.6 Å². The number of likely N-dealkylation sites (tertiary alicyclic amines) is 1. The first-order valence-electron chi connectivity index (χ1n) is 16.1. The molecule has 0 atom stereocenters. The lowest BCUT2D eigenvalue weighted by molar-refractivity contribution is 0.0710. The number of aromatic nitrogens is 2. The van der Waals surface area contributed by atoms with Crippen LogP contribution in [-0.4, -0.2) is 38.6 Å². The van der Waals surface area contributed by atoms with Gasteiger partial charge in [0.25, 0.3) is 5.91 Å². The van der Waals surface area contributed by atoms with Crippen molar-refractivity contribution in [3.8, 4) is 5.75 Å². The SMILES string of the molecule is C/C=C(/c1cccc(O)c1)c1ccc(C(=O)N2CCC(c3nc4ccccc4n3CC3CC3)CC2)cc1C.CCC(C)C. The number of rotatable bonds is 7. The molecule has 2 aliphatic rings. The number of fused-ring (bicyclic) bond motifs is 1. The second kappa shape index (κ2) is 13.6. The van der Waals surface area contributed by atoms with E-state index in [4.69, 9.17) is 4.98 Å². The third-order valence-electron chi connectivity index (χ3n) is 8.99. The van der Waals surface area contributed by atoms with Gasteiger partial charge in [-0.3, -0.25) is 4.79 Å². The Kier molecular flexibility index (Phi) is 9.69. The molecule has 2 heterocycles. The van der Waals surface area contributed by atoms with E-state index in [9.17, 15) is 9.90 Å². The molecule has 1 aliphatic carbocycles. The fourth-order valence-corrected chi connectivity index (χ4v) is 5.93. The zero-order valence-electron chi connectivity index (χ0n) is 26.5. The zero-order valence-corrected chi connectivity index (χ0v) is 26.5. The Morgan fingerprint density at radius 2 is 1.70 bits per heavy atom. The van der Waals surface area contributed by atoms with Gasteiger partial charge in [-0.15, -0.1) is 0 Å². The highest BCUT2D eigenvalue weighted by molar-refractivity contribution is 5.95.